The molecule has 16 heteroatoms. The van der Waals surface area contributed by atoms with Gasteiger partial charge in [0.1, 0.15) is 29.9 Å². The number of ether oxygens (including phenoxy) is 3. The van der Waals surface area contributed by atoms with Crippen molar-refractivity contribution in [2.45, 2.75) is 114 Å². The minimum atomic E-state index is -2.33. The van der Waals surface area contributed by atoms with E-state index < -0.39 is 109 Å². The molecule has 0 spiro atoms. The molecule has 0 aliphatic rings. The van der Waals surface area contributed by atoms with Gasteiger partial charge in [0.15, 0.2) is 12.2 Å². The lowest BCUT2D eigenvalue weighted by atomic mass is 9.98. The zero-order valence-electron chi connectivity index (χ0n) is 35.4. The number of benzene rings is 3. The van der Waals surface area contributed by atoms with Crippen LogP contribution in [-0.2, 0) is 33.4 Å². The highest BCUT2D eigenvalue weighted by molar-refractivity contribution is 5.91. The van der Waals surface area contributed by atoms with Crippen molar-refractivity contribution < 1.29 is 58.6 Å². The molecule has 0 aliphatic heterocycles. The Kier molecular flexibility index (Phi) is 19.0. The van der Waals surface area contributed by atoms with Gasteiger partial charge in [-0.25, -0.2) is 4.79 Å². The lowest BCUT2D eigenvalue weighted by Gasteiger charge is -2.31. The fourth-order valence-electron chi connectivity index (χ4n) is 5.86. The highest BCUT2D eigenvalue weighted by Crippen LogP contribution is 2.28. The van der Waals surface area contributed by atoms with Gasteiger partial charge in [0.25, 0.3) is 5.91 Å². The highest BCUT2D eigenvalue weighted by Gasteiger charge is 2.38. The Labute approximate surface area is 356 Å². The molecule has 0 heterocycles. The van der Waals surface area contributed by atoms with Crippen LogP contribution >= 0.6 is 0 Å². The standard InChI is InChI=1S/C45H60N4O12/c1-8-18-31(49-43(58)61-45(5,6)7)40(55)48-34(27-59-44(2,3)4)41(56)47-33(26-50)36(52)37(53)38(54)42(57)46-32(28-19-12-9-13-20-28)25-35(51)60-39(29-21-14-10-15-22-29)30-23-16-11-17-24-30/h8-17,19-24,31-34,36-39,50,52-54H,1,18,25-27H2,2-7H3,(H,46,57)(H,47,56)(H,48,55)(H,49,58)/t31-,32-,33-,34-,36+,37+,38-/m0/s1. The third kappa shape index (κ3) is 16.7. The third-order valence-corrected chi connectivity index (χ3v) is 8.95. The number of hydrogen-bond acceptors (Lipinski definition) is 12. The summed E-state index contributed by atoms with van der Waals surface area (Å²) in [5, 5.41) is 53.1. The minimum absolute atomic E-state index is 0.0438. The molecule has 332 valence electrons. The predicted molar refractivity (Wildman–Crippen MR) is 225 cm³/mol. The molecule has 3 aromatic carbocycles. The first-order valence-electron chi connectivity index (χ1n) is 19.9. The van der Waals surface area contributed by atoms with Crippen molar-refractivity contribution in [3.63, 3.8) is 0 Å². The van der Waals surface area contributed by atoms with Crippen LogP contribution in [0.5, 0.6) is 0 Å². The van der Waals surface area contributed by atoms with E-state index in [4.69, 9.17) is 14.2 Å². The molecule has 0 fully saturated rings. The van der Waals surface area contributed by atoms with Crippen molar-refractivity contribution in [2.75, 3.05) is 13.2 Å². The van der Waals surface area contributed by atoms with Gasteiger partial charge >= 0.3 is 12.1 Å². The SMILES string of the molecule is C=CC[C@H](NC(=O)OC(C)(C)C)C(=O)N[C@@H](COC(C)(C)C)C(=O)N[C@@H](CO)[C@@H](O)[C@@H](O)[C@H](O)C(=O)N[C@@H](CC(=O)OC(c1ccccc1)c1ccccc1)c1ccccc1. The Morgan fingerprint density at radius 2 is 1.16 bits per heavy atom. The van der Waals surface area contributed by atoms with Crippen molar-refractivity contribution in [1.29, 1.82) is 0 Å². The third-order valence-electron chi connectivity index (χ3n) is 8.95. The largest absolute Gasteiger partial charge is 0.452 e. The van der Waals surface area contributed by atoms with Crippen LogP contribution in [0.1, 0.15) is 83.2 Å². The van der Waals surface area contributed by atoms with E-state index in [-0.39, 0.29) is 6.42 Å². The monoisotopic (exact) mass is 848 g/mol. The molecule has 0 saturated heterocycles. The summed E-state index contributed by atoms with van der Waals surface area (Å²) < 4.78 is 17.0. The Bertz CT molecular complexity index is 1830. The van der Waals surface area contributed by atoms with Crippen molar-refractivity contribution in [3.8, 4) is 0 Å². The Morgan fingerprint density at radius 1 is 0.656 bits per heavy atom. The zero-order chi connectivity index (χ0) is 45.3. The maximum atomic E-state index is 13.6. The number of amides is 4. The van der Waals surface area contributed by atoms with E-state index in [1.807, 2.05) is 60.7 Å². The van der Waals surface area contributed by atoms with Gasteiger partial charge in [-0.2, -0.15) is 0 Å². The molecule has 8 N–H and O–H groups in total. The molecule has 3 aromatic rings. The van der Waals surface area contributed by atoms with Gasteiger partial charge in [0, 0.05) is 0 Å². The molecule has 4 amide bonds. The second kappa shape index (κ2) is 23.4. The molecule has 0 radical (unpaired) electrons. The van der Waals surface area contributed by atoms with Crippen molar-refractivity contribution in [3.05, 3.63) is 120 Å². The van der Waals surface area contributed by atoms with E-state index in [9.17, 15) is 44.4 Å². The number of esters is 1. The highest BCUT2D eigenvalue weighted by atomic mass is 16.6. The number of carbonyl (C=O) groups excluding carboxylic acids is 5. The summed E-state index contributed by atoms with van der Waals surface area (Å²) in [5.41, 5.74) is 0.232. The van der Waals surface area contributed by atoms with E-state index in [2.05, 4.69) is 27.8 Å². The average Bonchev–Trinajstić information content (AvgIpc) is 3.21. The van der Waals surface area contributed by atoms with Crippen LogP contribution in [-0.4, -0.2) is 111 Å². The number of carbonyl (C=O) groups is 5. The van der Waals surface area contributed by atoms with Crippen LogP contribution in [0.15, 0.2) is 104 Å². The Balaban J connectivity index is 1.75. The van der Waals surface area contributed by atoms with E-state index >= 15 is 0 Å². The van der Waals surface area contributed by atoms with Gasteiger partial charge < -0.3 is 55.9 Å². The summed E-state index contributed by atoms with van der Waals surface area (Å²) in [6.45, 7) is 12.3. The number of rotatable bonds is 21. The van der Waals surface area contributed by atoms with Crippen LogP contribution in [0.3, 0.4) is 0 Å². The average molecular weight is 849 g/mol. The molecule has 61 heavy (non-hydrogen) atoms. The molecule has 0 saturated carbocycles. The zero-order valence-corrected chi connectivity index (χ0v) is 35.4. The van der Waals surface area contributed by atoms with Gasteiger partial charge in [-0.15, -0.1) is 6.58 Å². The first-order valence-corrected chi connectivity index (χ1v) is 19.9. The minimum Gasteiger partial charge on any atom is -0.452 e. The smallest absolute Gasteiger partial charge is 0.408 e. The summed E-state index contributed by atoms with van der Waals surface area (Å²) in [4.78, 5) is 66.5. The van der Waals surface area contributed by atoms with Crippen LogP contribution < -0.4 is 21.3 Å². The quantitative estimate of drug-likeness (QED) is 0.0571. The molecule has 7 atom stereocenters. The van der Waals surface area contributed by atoms with E-state index in [0.717, 1.165) is 0 Å². The number of aliphatic hydroxyl groups excluding tert-OH is 4. The van der Waals surface area contributed by atoms with Gasteiger partial charge in [0.05, 0.1) is 37.3 Å². The predicted octanol–water partition coefficient (Wildman–Crippen LogP) is 2.90. The summed E-state index contributed by atoms with van der Waals surface area (Å²) in [7, 11) is 0. The Hall–Kier alpha value is -5.65. The summed E-state index contributed by atoms with van der Waals surface area (Å²) >= 11 is 0. The summed E-state index contributed by atoms with van der Waals surface area (Å²) in [5.74, 6) is -3.68. The summed E-state index contributed by atoms with van der Waals surface area (Å²) in [6, 6.07) is 21.1. The lowest BCUT2D eigenvalue weighted by Crippen LogP contribution is -2.61. The Morgan fingerprint density at radius 3 is 1.64 bits per heavy atom. The first-order chi connectivity index (χ1) is 28.7. The van der Waals surface area contributed by atoms with Crippen LogP contribution in [0.4, 0.5) is 4.79 Å². The second-order valence-corrected chi connectivity index (χ2v) is 16.3. The normalized spacial score (nSPS) is 15.1. The fourth-order valence-corrected chi connectivity index (χ4v) is 5.86. The van der Waals surface area contributed by atoms with E-state index in [1.54, 1.807) is 71.9 Å². The second-order valence-electron chi connectivity index (χ2n) is 16.3. The van der Waals surface area contributed by atoms with E-state index in [1.165, 1.54) is 6.08 Å². The molecule has 0 aromatic heterocycles. The maximum absolute atomic E-state index is 13.6. The van der Waals surface area contributed by atoms with Gasteiger partial charge in [0.2, 0.25) is 11.8 Å². The first kappa shape index (κ1) is 49.7. The van der Waals surface area contributed by atoms with Gasteiger partial charge in [-0.3, -0.25) is 19.2 Å². The van der Waals surface area contributed by atoms with Crippen molar-refractivity contribution >= 4 is 29.8 Å². The molecule has 0 unspecified atom stereocenters. The summed E-state index contributed by atoms with van der Waals surface area (Å²) in [6.07, 6.45) is -7.48. The molecule has 0 aliphatic carbocycles. The van der Waals surface area contributed by atoms with Crippen molar-refractivity contribution in [2.24, 2.45) is 0 Å². The number of hydrogen-bond donors (Lipinski definition) is 8. The van der Waals surface area contributed by atoms with E-state index in [0.29, 0.717) is 16.7 Å². The molecule has 16 nitrogen and oxygen atoms in total. The van der Waals surface area contributed by atoms with Crippen LogP contribution in [0.25, 0.3) is 0 Å². The topological polar surface area (TPSA) is 242 Å². The van der Waals surface area contributed by atoms with Crippen LogP contribution in [0.2, 0.25) is 0 Å². The number of alkyl carbamates (subject to hydrolysis) is 1. The van der Waals surface area contributed by atoms with Gasteiger partial charge in [-0.1, -0.05) is 97.1 Å². The maximum Gasteiger partial charge on any atom is 0.408 e. The van der Waals surface area contributed by atoms with Gasteiger partial charge in [-0.05, 0) is 64.7 Å². The van der Waals surface area contributed by atoms with Crippen LogP contribution in [0, 0.1) is 0 Å². The fraction of sp³-hybridized carbons (Fsp3) is 0.444. The molecule has 3 rings (SSSR count). The molecule has 0 bridgehead atoms. The molecular formula is C45H60N4O12. The lowest BCUT2D eigenvalue weighted by molar-refractivity contribution is -0.149. The number of nitrogens with one attached hydrogen (secondary N) is 4. The van der Waals surface area contributed by atoms with Crippen molar-refractivity contribution in [1.82, 2.24) is 21.3 Å². The number of aliphatic hydroxyl groups is 4. The molecular weight excluding hydrogens is 789 g/mol.